The molecule has 0 unspecified atom stereocenters. The number of fused-ring (bicyclic) bond motifs is 1. The summed E-state index contributed by atoms with van der Waals surface area (Å²) in [5.74, 6) is -0.567. The van der Waals surface area contributed by atoms with Gasteiger partial charge in [0.05, 0.1) is 16.3 Å². The summed E-state index contributed by atoms with van der Waals surface area (Å²) < 4.78 is 0. The van der Waals surface area contributed by atoms with Crippen LogP contribution in [0.1, 0.15) is 50.5 Å². The summed E-state index contributed by atoms with van der Waals surface area (Å²) in [6.45, 7) is 10.1. The SMILES string of the molecule is CCNC(=O)N(CC)C(=O)c1c(Cl)ccc2c1N(C(=O)C(C)(C)C)CC2. The van der Waals surface area contributed by atoms with E-state index in [1.165, 1.54) is 0 Å². The van der Waals surface area contributed by atoms with Crippen LogP contribution in [0.2, 0.25) is 5.02 Å². The average Bonchev–Trinajstić information content (AvgIpc) is 2.97. The minimum Gasteiger partial charge on any atom is -0.338 e. The van der Waals surface area contributed by atoms with E-state index < -0.39 is 17.4 Å². The Hall–Kier alpha value is -2.08. The highest BCUT2D eigenvalue weighted by Gasteiger charge is 2.37. The Morgan fingerprint density at radius 1 is 1.23 bits per heavy atom. The molecule has 0 saturated heterocycles. The van der Waals surface area contributed by atoms with Gasteiger partial charge in [-0.3, -0.25) is 14.5 Å². The van der Waals surface area contributed by atoms with Gasteiger partial charge >= 0.3 is 6.03 Å². The minimum absolute atomic E-state index is 0.0753. The van der Waals surface area contributed by atoms with Gasteiger partial charge in [0.2, 0.25) is 5.91 Å². The average molecular weight is 380 g/mol. The highest BCUT2D eigenvalue weighted by Crippen LogP contribution is 2.39. The lowest BCUT2D eigenvalue weighted by atomic mass is 9.94. The first-order valence-corrected chi connectivity index (χ1v) is 9.24. The van der Waals surface area contributed by atoms with Gasteiger partial charge in [-0.05, 0) is 31.9 Å². The molecule has 2 rings (SSSR count). The van der Waals surface area contributed by atoms with Crippen molar-refractivity contribution in [3.8, 4) is 0 Å². The molecule has 6 nitrogen and oxygen atoms in total. The van der Waals surface area contributed by atoms with Crippen molar-refractivity contribution in [1.29, 1.82) is 0 Å². The highest BCUT2D eigenvalue weighted by molar-refractivity contribution is 6.35. The maximum atomic E-state index is 13.1. The summed E-state index contributed by atoms with van der Waals surface area (Å²) in [7, 11) is 0. The van der Waals surface area contributed by atoms with E-state index in [1.54, 1.807) is 24.8 Å². The van der Waals surface area contributed by atoms with Crippen LogP contribution in [0.5, 0.6) is 0 Å². The Kier molecular flexibility index (Phi) is 5.96. The van der Waals surface area contributed by atoms with Crippen LogP contribution in [-0.2, 0) is 11.2 Å². The zero-order chi connectivity index (χ0) is 19.6. The Bertz CT molecular complexity index is 740. The van der Waals surface area contributed by atoms with Gasteiger partial charge in [0.25, 0.3) is 5.91 Å². The molecule has 0 fully saturated rings. The number of imide groups is 1. The predicted octanol–water partition coefficient (Wildman–Crippen LogP) is 3.47. The molecule has 0 atom stereocenters. The number of nitrogens with one attached hydrogen (secondary N) is 1. The normalized spacial score (nSPS) is 13.4. The first kappa shape index (κ1) is 20.2. The lowest BCUT2D eigenvalue weighted by Crippen LogP contribution is -2.45. The van der Waals surface area contributed by atoms with Crippen molar-refractivity contribution in [3.63, 3.8) is 0 Å². The van der Waals surface area contributed by atoms with Gasteiger partial charge in [0.15, 0.2) is 0 Å². The van der Waals surface area contributed by atoms with Crippen molar-refractivity contribution >= 4 is 35.1 Å². The second kappa shape index (κ2) is 7.66. The van der Waals surface area contributed by atoms with Crippen LogP contribution in [-0.4, -0.2) is 42.4 Å². The number of hydrogen-bond acceptors (Lipinski definition) is 3. The number of carbonyl (C=O) groups excluding carboxylic acids is 3. The first-order valence-electron chi connectivity index (χ1n) is 8.86. The standard InChI is InChI=1S/C19H26ClN3O3/c1-6-21-18(26)22(7-2)16(24)14-13(20)9-8-12-10-11-23(15(12)14)17(25)19(3,4)5/h8-9H,6-7,10-11H2,1-5H3,(H,21,26). The van der Waals surface area contributed by atoms with Crippen molar-refractivity contribution < 1.29 is 14.4 Å². The molecule has 1 heterocycles. The Labute approximate surface area is 159 Å². The third-order valence-electron chi connectivity index (χ3n) is 4.32. The van der Waals surface area contributed by atoms with Gasteiger partial charge in [-0.25, -0.2) is 4.79 Å². The van der Waals surface area contributed by atoms with Crippen LogP contribution >= 0.6 is 11.6 Å². The second-order valence-corrected chi connectivity index (χ2v) is 7.68. The first-order chi connectivity index (χ1) is 12.1. The van der Waals surface area contributed by atoms with Crippen molar-refractivity contribution in [1.82, 2.24) is 10.2 Å². The molecular weight excluding hydrogens is 354 g/mol. The van der Waals surface area contributed by atoms with E-state index in [4.69, 9.17) is 11.6 Å². The number of halogens is 1. The van der Waals surface area contributed by atoms with Crippen molar-refractivity contribution in [2.45, 2.75) is 41.0 Å². The second-order valence-electron chi connectivity index (χ2n) is 7.27. The fourth-order valence-corrected chi connectivity index (χ4v) is 3.27. The van der Waals surface area contributed by atoms with Crippen LogP contribution in [0.25, 0.3) is 0 Å². The summed E-state index contributed by atoms with van der Waals surface area (Å²) in [5, 5.41) is 2.88. The summed E-state index contributed by atoms with van der Waals surface area (Å²) in [4.78, 5) is 41.0. The third-order valence-corrected chi connectivity index (χ3v) is 4.64. The molecule has 1 aliphatic rings. The van der Waals surface area contributed by atoms with E-state index in [9.17, 15) is 14.4 Å². The molecule has 26 heavy (non-hydrogen) atoms. The minimum atomic E-state index is -0.589. The molecule has 0 spiro atoms. The molecule has 1 N–H and O–H groups in total. The van der Waals surface area contributed by atoms with Gasteiger partial charge in [0, 0.05) is 25.0 Å². The fourth-order valence-electron chi connectivity index (χ4n) is 3.04. The Balaban J connectivity index is 2.54. The number of carbonyl (C=O) groups is 3. The van der Waals surface area contributed by atoms with Gasteiger partial charge in [-0.2, -0.15) is 0 Å². The summed E-state index contributed by atoms with van der Waals surface area (Å²) in [6, 6.07) is 3.03. The van der Waals surface area contributed by atoms with E-state index in [0.29, 0.717) is 25.2 Å². The molecule has 1 aromatic carbocycles. The van der Waals surface area contributed by atoms with Gasteiger partial charge < -0.3 is 10.2 Å². The molecule has 0 radical (unpaired) electrons. The summed E-state index contributed by atoms with van der Waals surface area (Å²) in [5.41, 5.74) is 1.05. The smallest absolute Gasteiger partial charge is 0.324 e. The predicted molar refractivity (Wildman–Crippen MR) is 103 cm³/mol. The number of amides is 4. The van der Waals surface area contributed by atoms with Crippen molar-refractivity contribution in [2.24, 2.45) is 5.41 Å². The topological polar surface area (TPSA) is 69.7 Å². The molecule has 4 amide bonds. The highest BCUT2D eigenvalue weighted by atomic mass is 35.5. The van der Waals surface area contributed by atoms with E-state index in [0.717, 1.165) is 10.5 Å². The zero-order valence-corrected chi connectivity index (χ0v) is 16.7. The molecule has 0 aliphatic carbocycles. The largest absolute Gasteiger partial charge is 0.338 e. The Morgan fingerprint density at radius 3 is 2.42 bits per heavy atom. The lowest BCUT2D eigenvalue weighted by molar-refractivity contribution is -0.125. The van der Waals surface area contributed by atoms with Crippen molar-refractivity contribution in [3.05, 3.63) is 28.3 Å². The van der Waals surface area contributed by atoms with E-state index in [-0.39, 0.29) is 23.0 Å². The van der Waals surface area contributed by atoms with Gasteiger partial charge in [-0.15, -0.1) is 0 Å². The van der Waals surface area contributed by atoms with Crippen molar-refractivity contribution in [2.75, 3.05) is 24.5 Å². The molecule has 1 aromatic rings. The number of anilines is 1. The third kappa shape index (κ3) is 3.70. The summed E-state index contributed by atoms with van der Waals surface area (Å²) >= 11 is 6.35. The molecule has 1 aliphatic heterocycles. The monoisotopic (exact) mass is 379 g/mol. The molecular formula is C19H26ClN3O3. The van der Waals surface area contributed by atoms with Gasteiger partial charge in [-0.1, -0.05) is 38.4 Å². The number of benzene rings is 1. The maximum absolute atomic E-state index is 13.1. The van der Waals surface area contributed by atoms with Crippen LogP contribution in [0.4, 0.5) is 10.5 Å². The molecule has 0 bridgehead atoms. The van der Waals surface area contributed by atoms with Crippen LogP contribution < -0.4 is 10.2 Å². The molecule has 0 saturated carbocycles. The van der Waals surface area contributed by atoms with E-state index in [2.05, 4.69) is 5.32 Å². The van der Waals surface area contributed by atoms with Crippen LogP contribution in [0.15, 0.2) is 12.1 Å². The summed E-state index contributed by atoms with van der Waals surface area (Å²) in [6.07, 6.45) is 0.655. The molecule has 142 valence electrons. The molecule has 0 aromatic heterocycles. The number of hydrogen-bond donors (Lipinski definition) is 1. The quantitative estimate of drug-likeness (QED) is 0.874. The number of rotatable bonds is 3. The van der Waals surface area contributed by atoms with E-state index in [1.807, 2.05) is 26.8 Å². The maximum Gasteiger partial charge on any atom is 0.324 e. The fraction of sp³-hybridized carbons (Fsp3) is 0.526. The zero-order valence-electron chi connectivity index (χ0n) is 16.0. The molecule has 7 heteroatoms. The lowest BCUT2D eigenvalue weighted by Gasteiger charge is -2.29. The Morgan fingerprint density at radius 2 is 1.88 bits per heavy atom. The van der Waals surface area contributed by atoms with Gasteiger partial charge in [0.1, 0.15) is 0 Å². The van der Waals surface area contributed by atoms with Crippen LogP contribution in [0, 0.1) is 5.41 Å². The number of nitrogens with zero attached hydrogens (tertiary/aromatic N) is 2. The number of urea groups is 1. The van der Waals surface area contributed by atoms with Crippen LogP contribution in [0.3, 0.4) is 0 Å². The van der Waals surface area contributed by atoms with E-state index >= 15 is 0 Å².